The smallest absolute Gasteiger partial charge is 0.368 e. The summed E-state index contributed by atoms with van der Waals surface area (Å²) in [5, 5.41) is 7.07. The van der Waals surface area contributed by atoms with Gasteiger partial charge in [0.25, 0.3) is 0 Å². The summed E-state index contributed by atoms with van der Waals surface area (Å²) in [5.74, 6) is -0.569. The molecule has 7 heteroatoms. The molecule has 0 fully saturated rings. The van der Waals surface area contributed by atoms with E-state index in [2.05, 4.69) is 21.7 Å². The van der Waals surface area contributed by atoms with E-state index in [9.17, 15) is 9.59 Å². The molecule has 1 heterocycles. The van der Waals surface area contributed by atoms with Crippen molar-refractivity contribution in [1.29, 1.82) is 0 Å². The first-order valence-corrected chi connectivity index (χ1v) is 4.08. The monoisotopic (exact) mass is 210 g/mol. The first-order valence-electron chi connectivity index (χ1n) is 4.08. The SMILES string of the molecule is C=CCn1nnn(/C=C/C(=O)OC)c1=O. The highest BCUT2D eigenvalue weighted by atomic mass is 16.5. The van der Waals surface area contributed by atoms with Crippen LogP contribution in [0.1, 0.15) is 0 Å². The average molecular weight is 210 g/mol. The van der Waals surface area contributed by atoms with Crippen LogP contribution in [0.15, 0.2) is 23.5 Å². The highest BCUT2D eigenvalue weighted by Crippen LogP contribution is 1.81. The van der Waals surface area contributed by atoms with E-state index in [1.165, 1.54) is 19.4 Å². The van der Waals surface area contributed by atoms with Crippen LogP contribution in [-0.2, 0) is 16.1 Å². The molecule has 1 aromatic heterocycles. The summed E-state index contributed by atoms with van der Waals surface area (Å²) >= 11 is 0. The van der Waals surface area contributed by atoms with Gasteiger partial charge in [-0.15, -0.1) is 6.58 Å². The molecule has 0 radical (unpaired) electrons. The molecule has 0 saturated heterocycles. The number of methoxy groups -OCH3 is 1. The topological polar surface area (TPSA) is 79.0 Å². The number of tetrazole rings is 1. The maximum absolute atomic E-state index is 11.4. The number of aromatic nitrogens is 4. The third-order valence-corrected chi connectivity index (χ3v) is 1.52. The van der Waals surface area contributed by atoms with Gasteiger partial charge in [-0.1, -0.05) is 6.08 Å². The number of hydrogen-bond donors (Lipinski definition) is 0. The third-order valence-electron chi connectivity index (χ3n) is 1.52. The lowest BCUT2D eigenvalue weighted by Crippen LogP contribution is -2.22. The molecule has 0 aliphatic rings. The van der Waals surface area contributed by atoms with Crippen molar-refractivity contribution in [3.63, 3.8) is 0 Å². The zero-order valence-electron chi connectivity index (χ0n) is 8.16. The summed E-state index contributed by atoms with van der Waals surface area (Å²) in [5.41, 5.74) is -0.449. The summed E-state index contributed by atoms with van der Waals surface area (Å²) in [4.78, 5) is 22.1. The van der Waals surface area contributed by atoms with Crippen molar-refractivity contribution in [2.75, 3.05) is 7.11 Å². The van der Waals surface area contributed by atoms with Crippen LogP contribution < -0.4 is 5.69 Å². The Morgan fingerprint density at radius 3 is 2.93 bits per heavy atom. The molecule has 15 heavy (non-hydrogen) atoms. The lowest BCUT2D eigenvalue weighted by Gasteiger charge is -1.89. The standard InChI is InChI=1S/C8H10N4O3/c1-3-5-11-8(14)12(10-9-11)6-4-7(13)15-2/h3-4,6H,1,5H2,2H3/b6-4+. The summed E-state index contributed by atoms with van der Waals surface area (Å²) in [6.07, 6.45) is 3.78. The van der Waals surface area contributed by atoms with Crippen LogP contribution in [0.3, 0.4) is 0 Å². The van der Waals surface area contributed by atoms with E-state index in [4.69, 9.17) is 0 Å². The van der Waals surface area contributed by atoms with Crippen molar-refractivity contribution in [2.45, 2.75) is 6.54 Å². The van der Waals surface area contributed by atoms with Gasteiger partial charge in [0.05, 0.1) is 13.7 Å². The minimum absolute atomic E-state index is 0.269. The lowest BCUT2D eigenvalue weighted by atomic mass is 10.6. The summed E-state index contributed by atoms with van der Waals surface area (Å²) < 4.78 is 6.39. The molecule has 0 spiro atoms. The largest absolute Gasteiger partial charge is 0.466 e. The summed E-state index contributed by atoms with van der Waals surface area (Å²) in [7, 11) is 1.24. The molecule has 1 aromatic rings. The number of carbonyl (C=O) groups excluding carboxylic acids is 1. The average Bonchev–Trinajstić information content (AvgIpc) is 2.58. The number of nitrogens with zero attached hydrogens (tertiary/aromatic N) is 4. The van der Waals surface area contributed by atoms with Gasteiger partial charge in [-0.05, 0) is 10.4 Å². The highest BCUT2D eigenvalue weighted by Gasteiger charge is 2.02. The molecular formula is C8H10N4O3. The first kappa shape index (κ1) is 10.9. The second-order valence-electron chi connectivity index (χ2n) is 2.52. The van der Waals surface area contributed by atoms with Crippen molar-refractivity contribution in [3.8, 4) is 0 Å². The van der Waals surface area contributed by atoms with Gasteiger partial charge in [-0.3, -0.25) is 0 Å². The zero-order valence-corrected chi connectivity index (χ0v) is 8.16. The minimum atomic E-state index is -0.569. The number of rotatable bonds is 4. The fraction of sp³-hybridized carbons (Fsp3) is 0.250. The predicted molar refractivity (Wildman–Crippen MR) is 51.8 cm³/mol. The molecule has 0 aliphatic heterocycles. The highest BCUT2D eigenvalue weighted by molar-refractivity contribution is 5.84. The van der Waals surface area contributed by atoms with Gasteiger partial charge < -0.3 is 4.74 Å². The van der Waals surface area contributed by atoms with Crippen molar-refractivity contribution in [1.82, 2.24) is 19.8 Å². The quantitative estimate of drug-likeness (QED) is 0.372. The maximum Gasteiger partial charge on any atom is 0.368 e. The van der Waals surface area contributed by atoms with Crippen LogP contribution in [0.25, 0.3) is 6.20 Å². The summed E-state index contributed by atoms with van der Waals surface area (Å²) in [6, 6.07) is 0. The number of allylic oxidation sites excluding steroid dienone is 1. The Bertz CT molecular complexity index is 443. The number of hydrogen-bond acceptors (Lipinski definition) is 5. The first-order chi connectivity index (χ1) is 7.19. The molecule has 7 nitrogen and oxygen atoms in total. The number of esters is 1. The van der Waals surface area contributed by atoms with Crippen LogP contribution in [0.4, 0.5) is 0 Å². The van der Waals surface area contributed by atoms with Crippen LogP contribution in [0, 0.1) is 0 Å². The minimum Gasteiger partial charge on any atom is -0.466 e. The van der Waals surface area contributed by atoms with Crippen LogP contribution >= 0.6 is 0 Å². The van der Waals surface area contributed by atoms with E-state index in [-0.39, 0.29) is 6.54 Å². The predicted octanol–water partition coefficient (Wildman–Crippen LogP) is -0.731. The fourth-order valence-electron chi connectivity index (χ4n) is 0.816. The Morgan fingerprint density at radius 1 is 1.60 bits per heavy atom. The van der Waals surface area contributed by atoms with Gasteiger partial charge in [0, 0.05) is 12.3 Å². The van der Waals surface area contributed by atoms with E-state index in [1.807, 2.05) is 0 Å². The number of ether oxygens (including phenoxy) is 1. The second-order valence-corrected chi connectivity index (χ2v) is 2.52. The molecule has 0 aliphatic carbocycles. The Kier molecular flexibility index (Phi) is 3.55. The molecule has 0 amide bonds. The Hall–Kier alpha value is -2.18. The molecular weight excluding hydrogens is 200 g/mol. The van der Waals surface area contributed by atoms with Gasteiger partial charge in [-0.25, -0.2) is 9.59 Å². The zero-order chi connectivity index (χ0) is 11.3. The third kappa shape index (κ3) is 2.63. The normalized spacial score (nSPS) is 10.5. The van der Waals surface area contributed by atoms with Gasteiger partial charge >= 0.3 is 11.7 Å². The van der Waals surface area contributed by atoms with E-state index >= 15 is 0 Å². The Balaban J connectivity index is 2.88. The van der Waals surface area contributed by atoms with Gasteiger partial charge in [0.1, 0.15) is 0 Å². The van der Waals surface area contributed by atoms with E-state index in [1.54, 1.807) is 0 Å². The molecule has 0 unspecified atom stereocenters. The van der Waals surface area contributed by atoms with Gasteiger partial charge in [0.2, 0.25) is 0 Å². The van der Waals surface area contributed by atoms with Gasteiger partial charge in [0.15, 0.2) is 0 Å². The molecule has 80 valence electrons. The number of carbonyl (C=O) groups is 1. The lowest BCUT2D eigenvalue weighted by molar-refractivity contribution is -0.134. The van der Waals surface area contributed by atoms with Crippen molar-refractivity contribution >= 4 is 12.2 Å². The molecule has 0 saturated carbocycles. The van der Waals surface area contributed by atoms with E-state index in [0.717, 1.165) is 15.4 Å². The van der Waals surface area contributed by atoms with Crippen molar-refractivity contribution < 1.29 is 9.53 Å². The molecule has 0 aromatic carbocycles. The van der Waals surface area contributed by atoms with Gasteiger partial charge in [-0.2, -0.15) is 9.36 Å². The molecule has 0 N–H and O–H groups in total. The van der Waals surface area contributed by atoms with Crippen LogP contribution in [0.5, 0.6) is 0 Å². The fourth-order valence-corrected chi connectivity index (χ4v) is 0.816. The van der Waals surface area contributed by atoms with E-state index < -0.39 is 11.7 Å². The molecule has 0 bridgehead atoms. The Labute approximate surface area is 85.2 Å². The van der Waals surface area contributed by atoms with Crippen LogP contribution in [0.2, 0.25) is 0 Å². The maximum atomic E-state index is 11.4. The van der Waals surface area contributed by atoms with Crippen LogP contribution in [-0.4, -0.2) is 32.9 Å². The summed E-state index contributed by atoms with van der Waals surface area (Å²) in [6.45, 7) is 3.73. The van der Waals surface area contributed by atoms with Crippen molar-refractivity contribution in [2.24, 2.45) is 0 Å². The van der Waals surface area contributed by atoms with Crippen molar-refractivity contribution in [3.05, 3.63) is 29.2 Å². The molecule has 1 rings (SSSR count). The Morgan fingerprint density at radius 2 is 2.33 bits per heavy atom. The van der Waals surface area contributed by atoms with E-state index in [0.29, 0.717) is 0 Å². The second kappa shape index (κ2) is 4.89. The molecule has 0 atom stereocenters.